The van der Waals surface area contributed by atoms with Crippen LogP contribution in [0.2, 0.25) is 0 Å². The highest BCUT2D eigenvalue weighted by Crippen LogP contribution is 2.21. The molecule has 1 N–H and O–H groups in total. The fourth-order valence-corrected chi connectivity index (χ4v) is 2.96. The Labute approximate surface area is 138 Å². The van der Waals surface area contributed by atoms with Gasteiger partial charge < -0.3 is 5.32 Å². The molecule has 126 valence electrons. The number of aryl methyl sites for hydroxylation is 3. The predicted octanol–water partition coefficient (Wildman–Crippen LogP) is 3.53. The molecule has 2 rings (SSSR count). The zero-order chi connectivity index (χ0) is 17.1. The molecule has 0 spiro atoms. The first-order valence-corrected chi connectivity index (χ1v) is 8.41. The Balaban J connectivity index is 2.18. The lowest BCUT2D eigenvalue weighted by Crippen LogP contribution is -2.32. The summed E-state index contributed by atoms with van der Waals surface area (Å²) in [5, 5.41) is 8.37. The molecule has 0 radical (unpaired) electrons. The number of hydrogen-bond donors (Lipinski definition) is 1. The minimum absolute atomic E-state index is 0.0337. The maximum atomic E-state index is 12.7. The fourth-order valence-electron chi connectivity index (χ4n) is 2.96. The van der Waals surface area contributed by atoms with E-state index in [0.717, 1.165) is 35.3 Å². The molecule has 0 saturated heterocycles. The summed E-state index contributed by atoms with van der Waals surface area (Å²) in [6.07, 6.45) is 3.33. The van der Waals surface area contributed by atoms with Gasteiger partial charge in [0.1, 0.15) is 0 Å². The molecule has 2 aromatic rings. The SMILES string of the molecule is Cc1cc(C(=O)N[C@@H](C)CCCC(C)C)c2c(C)nn(C)c2n1. The quantitative estimate of drug-likeness (QED) is 0.887. The normalized spacial score (nSPS) is 12.8. The summed E-state index contributed by atoms with van der Waals surface area (Å²) in [6, 6.07) is 2.02. The first-order valence-electron chi connectivity index (χ1n) is 8.41. The molecular formula is C18H28N4O. The van der Waals surface area contributed by atoms with Crippen molar-refractivity contribution in [2.24, 2.45) is 13.0 Å². The van der Waals surface area contributed by atoms with Crippen molar-refractivity contribution < 1.29 is 4.79 Å². The van der Waals surface area contributed by atoms with Crippen molar-refractivity contribution in [3.63, 3.8) is 0 Å². The molecule has 23 heavy (non-hydrogen) atoms. The highest BCUT2D eigenvalue weighted by Gasteiger charge is 2.18. The van der Waals surface area contributed by atoms with E-state index in [2.05, 4.69) is 36.2 Å². The van der Waals surface area contributed by atoms with E-state index in [1.165, 1.54) is 6.42 Å². The van der Waals surface area contributed by atoms with Crippen molar-refractivity contribution >= 4 is 16.9 Å². The van der Waals surface area contributed by atoms with E-state index in [-0.39, 0.29) is 11.9 Å². The van der Waals surface area contributed by atoms with Crippen molar-refractivity contribution in [2.75, 3.05) is 0 Å². The van der Waals surface area contributed by atoms with Gasteiger partial charge in [0.25, 0.3) is 5.91 Å². The van der Waals surface area contributed by atoms with Gasteiger partial charge in [-0.3, -0.25) is 9.48 Å². The molecule has 0 aromatic carbocycles. The summed E-state index contributed by atoms with van der Waals surface area (Å²) in [4.78, 5) is 17.2. The van der Waals surface area contributed by atoms with Gasteiger partial charge in [-0.05, 0) is 39.2 Å². The van der Waals surface area contributed by atoms with Gasteiger partial charge in [0.2, 0.25) is 0 Å². The van der Waals surface area contributed by atoms with Gasteiger partial charge in [-0.25, -0.2) is 4.98 Å². The lowest BCUT2D eigenvalue weighted by molar-refractivity contribution is 0.0939. The van der Waals surface area contributed by atoms with E-state index >= 15 is 0 Å². The van der Waals surface area contributed by atoms with Crippen LogP contribution in [0, 0.1) is 19.8 Å². The number of rotatable bonds is 6. The van der Waals surface area contributed by atoms with Crippen molar-refractivity contribution in [3.8, 4) is 0 Å². The van der Waals surface area contributed by atoms with Gasteiger partial charge in [0.15, 0.2) is 5.65 Å². The third-order valence-corrected chi connectivity index (χ3v) is 4.14. The number of fused-ring (bicyclic) bond motifs is 1. The van der Waals surface area contributed by atoms with Crippen LogP contribution >= 0.6 is 0 Å². The second kappa shape index (κ2) is 7.11. The Hall–Kier alpha value is -1.91. The largest absolute Gasteiger partial charge is 0.350 e. The van der Waals surface area contributed by atoms with Crippen LogP contribution in [0.3, 0.4) is 0 Å². The molecule has 0 aliphatic carbocycles. The van der Waals surface area contributed by atoms with E-state index in [1.807, 2.05) is 27.0 Å². The number of nitrogens with one attached hydrogen (secondary N) is 1. The zero-order valence-corrected chi connectivity index (χ0v) is 15.1. The summed E-state index contributed by atoms with van der Waals surface area (Å²) >= 11 is 0. The lowest BCUT2D eigenvalue weighted by atomic mass is 10.0. The smallest absolute Gasteiger partial charge is 0.252 e. The van der Waals surface area contributed by atoms with Crippen LogP contribution in [0.25, 0.3) is 11.0 Å². The number of amides is 1. The molecule has 1 amide bonds. The minimum atomic E-state index is -0.0337. The van der Waals surface area contributed by atoms with E-state index in [4.69, 9.17) is 0 Å². The van der Waals surface area contributed by atoms with Crippen molar-refractivity contribution in [2.45, 2.75) is 59.9 Å². The molecule has 0 saturated carbocycles. The van der Waals surface area contributed by atoms with Crippen LogP contribution < -0.4 is 5.32 Å². The van der Waals surface area contributed by atoms with E-state index in [0.29, 0.717) is 11.5 Å². The van der Waals surface area contributed by atoms with Crippen molar-refractivity contribution in [1.29, 1.82) is 0 Å². The van der Waals surface area contributed by atoms with Crippen molar-refractivity contribution in [3.05, 3.63) is 23.0 Å². The van der Waals surface area contributed by atoms with E-state index < -0.39 is 0 Å². The molecule has 0 unspecified atom stereocenters. The molecule has 5 nitrogen and oxygen atoms in total. The Kier molecular flexibility index (Phi) is 5.39. The third-order valence-electron chi connectivity index (χ3n) is 4.14. The van der Waals surface area contributed by atoms with Crippen LogP contribution in [-0.2, 0) is 7.05 Å². The predicted molar refractivity (Wildman–Crippen MR) is 93.6 cm³/mol. The third kappa shape index (κ3) is 4.09. The molecule has 1 atom stereocenters. The average Bonchev–Trinajstić information content (AvgIpc) is 2.72. The Bertz CT molecular complexity index is 703. The summed E-state index contributed by atoms with van der Waals surface area (Å²) in [5.41, 5.74) is 3.11. The maximum Gasteiger partial charge on any atom is 0.252 e. The minimum Gasteiger partial charge on any atom is -0.350 e. The fraction of sp³-hybridized carbons (Fsp3) is 0.611. The molecule has 0 fully saturated rings. The second-order valence-corrected chi connectivity index (χ2v) is 6.92. The lowest BCUT2D eigenvalue weighted by Gasteiger charge is -2.15. The molecular weight excluding hydrogens is 288 g/mol. The molecule has 2 aromatic heterocycles. The van der Waals surface area contributed by atoms with Crippen LogP contribution in [0.5, 0.6) is 0 Å². The average molecular weight is 316 g/mol. The molecule has 0 bridgehead atoms. The Morgan fingerprint density at radius 1 is 1.26 bits per heavy atom. The summed E-state index contributed by atoms with van der Waals surface area (Å²) in [7, 11) is 1.86. The number of pyridine rings is 1. The zero-order valence-electron chi connectivity index (χ0n) is 15.1. The van der Waals surface area contributed by atoms with Gasteiger partial charge in [0, 0.05) is 18.8 Å². The summed E-state index contributed by atoms with van der Waals surface area (Å²) in [5.74, 6) is 0.673. The van der Waals surface area contributed by atoms with Gasteiger partial charge in [-0.2, -0.15) is 5.10 Å². The maximum absolute atomic E-state index is 12.7. The van der Waals surface area contributed by atoms with Gasteiger partial charge in [0.05, 0.1) is 16.6 Å². The van der Waals surface area contributed by atoms with E-state index in [1.54, 1.807) is 4.68 Å². The van der Waals surface area contributed by atoms with Crippen LogP contribution in [0.4, 0.5) is 0 Å². The first-order chi connectivity index (χ1) is 10.8. The molecule has 0 aliphatic rings. The van der Waals surface area contributed by atoms with Gasteiger partial charge >= 0.3 is 0 Å². The molecule has 0 aliphatic heterocycles. The number of nitrogens with zero attached hydrogens (tertiary/aromatic N) is 3. The number of aromatic nitrogens is 3. The van der Waals surface area contributed by atoms with Gasteiger partial charge in [-0.1, -0.05) is 26.7 Å². The highest BCUT2D eigenvalue weighted by molar-refractivity contribution is 6.06. The van der Waals surface area contributed by atoms with Crippen LogP contribution in [0.15, 0.2) is 6.07 Å². The Morgan fingerprint density at radius 2 is 1.96 bits per heavy atom. The van der Waals surface area contributed by atoms with E-state index in [9.17, 15) is 4.79 Å². The number of carbonyl (C=O) groups excluding carboxylic acids is 1. The van der Waals surface area contributed by atoms with Gasteiger partial charge in [-0.15, -0.1) is 0 Å². The first kappa shape index (κ1) is 17.4. The second-order valence-electron chi connectivity index (χ2n) is 6.92. The number of carbonyl (C=O) groups is 1. The molecule has 2 heterocycles. The van der Waals surface area contributed by atoms with Crippen LogP contribution in [-0.4, -0.2) is 26.7 Å². The Morgan fingerprint density at radius 3 is 2.61 bits per heavy atom. The highest BCUT2D eigenvalue weighted by atomic mass is 16.1. The standard InChI is InChI=1S/C18H28N4O/c1-11(2)8-7-9-12(3)20-18(23)15-10-13(4)19-17-16(15)14(5)21-22(17)6/h10-12H,7-9H2,1-6H3,(H,20,23)/t12-/m0/s1. The summed E-state index contributed by atoms with van der Waals surface area (Å²) < 4.78 is 1.74. The summed E-state index contributed by atoms with van der Waals surface area (Å²) in [6.45, 7) is 10.3. The van der Waals surface area contributed by atoms with Crippen LogP contribution in [0.1, 0.15) is 61.8 Å². The van der Waals surface area contributed by atoms with Crippen molar-refractivity contribution in [1.82, 2.24) is 20.1 Å². The monoisotopic (exact) mass is 316 g/mol. The molecule has 5 heteroatoms. The number of hydrogen-bond acceptors (Lipinski definition) is 3. The topological polar surface area (TPSA) is 59.8 Å².